The zero-order valence-corrected chi connectivity index (χ0v) is 14.5. The number of nitrogens with zero attached hydrogens (tertiary/aromatic N) is 2. The molecule has 0 atom stereocenters. The molecule has 0 aliphatic rings. The van der Waals surface area contributed by atoms with E-state index in [-0.39, 0.29) is 24.5 Å². The Balaban J connectivity index is 2.09. The summed E-state index contributed by atoms with van der Waals surface area (Å²) in [7, 11) is 1.50. The van der Waals surface area contributed by atoms with E-state index in [0.29, 0.717) is 13.0 Å². The number of carbonyl (C=O) groups is 2. The summed E-state index contributed by atoms with van der Waals surface area (Å²) in [4.78, 5) is 26.0. The molecule has 1 N–H and O–H groups in total. The summed E-state index contributed by atoms with van der Waals surface area (Å²) < 4.78 is 47.5. The molecule has 2 aromatic rings. The van der Waals surface area contributed by atoms with Crippen LogP contribution in [0.4, 0.5) is 19.0 Å². The number of hydrogen-bond acceptors (Lipinski definition) is 5. The Hall–Kier alpha value is -2.88. The van der Waals surface area contributed by atoms with E-state index in [1.54, 1.807) is 0 Å². The van der Waals surface area contributed by atoms with Gasteiger partial charge >= 0.3 is 6.18 Å². The molecule has 0 aliphatic heterocycles. The number of ether oxygens (including phenoxy) is 1. The third-order valence-corrected chi connectivity index (χ3v) is 3.56. The number of anilines is 1. The normalized spacial score (nSPS) is 11.3. The van der Waals surface area contributed by atoms with Crippen molar-refractivity contribution in [1.29, 1.82) is 0 Å². The van der Waals surface area contributed by atoms with E-state index in [0.717, 1.165) is 24.3 Å². The Labute approximate surface area is 153 Å². The molecule has 7 nitrogen and oxygen atoms in total. The average molecular weight is 385 g/mol. The molecule has 0 spiro atoms. The lowest BCUT2D eigenvalue weighted by atomic mass is 10.1. The van der Waals surface area contributed by atoms with Crippen LogP contribution in [0.1, 0.15) is 22.3 Å². The van der Waals surface area contributed by atoms with E-state index >= 15 is 0 Å². The summed E-state index contributed by atoms with van der Waals surface area (Å²) in [6, 6.07) is 5.27. The summed E-state index contributed by atoms with van der Waals surface area (Å²) in [6.45, 7) is 0.262. The highest BCUT2D eigenvalue weighted by molar-refractivity contribution is 5.99. The quantitative estimate of drug-likeness (QED) is 0.707. The Morgan fingerprint density at radius 2 is 1.93 bits per heavy atom. The smallest absolute Gasteiger partial charge is 0.385 e. The number of rotatable bonds is 8. The summed E-state index contributed by atoms with van der Waals surface area (Å²) in [5.41, 5.74) is -0.802. The van der Waals surface area contributed by atoms with Gasteiger partial charge in [0.1, 0.15) is 12.8 Å². The van der Waals surface area contributed by atoms with Gasteiger partial charge in [0.2, 0.25) is 5.91 Å². The van der Waals surface area contributed by atoms with Gasteiger partial charge in [-0.2, -0.15) is 13.2 Å². The van der Waals surface area contributed by atoms with Crippen molar-refractivity contribution in [1.82, 2.24) is 10.1 Å². The molecule has 27 heavy (non-hydrogen) atoms. The van der Waals surface area contributed by atoms with Gasteiger partial charge in [-0.15, -0.1) is 0 Å². The number of halogens is 3. The minimum Gasteiger partial charge on any atom is -0.385 e. The van der Waals surface area contributed by atoms with Crippen molar-refractivity contribution in [2.24, 2.45) is 0 Å². The molecular formula is C17H18F3N3O4. The van der Waals surface area contributed by atoms with Crippen molar-refractivity contribution in [3.63, 3.8) is 0 Å². The lowest BCUT2D eigenvalue weighted by Crippen LogP contribution is -2.39. The second kappa shape index (κ2) is 9.17. The Morgan fingerprint density at radius 3 is 2.48 bits per heavy atom. The minimum absolute atomic E-state index is 0.0506. The molecule has 2 amide bonds. The number of aromatic nitrogens is 1. The first-order valence-corrected chi connectivity index (χ1v) is 7.97. The van der Waals surface area contributed by atoms with Crippen molar-refractivity contribution in [2.45, 2.75) is 12.6 Å². The molecule has 0 unspecified atom stereocenters. The number of alkyl halides is 3. The Kier molecular flexibility index (Phi) is 6.94. The lowest BCUT2D eigenvalue weighted by molar-refractivity contribution is -0.137. The van der Waals surface area contributed by atoms with E-state index in [9.17, 15) is 22.8 Å². The molecule has 0 fully saturated rings. The number of nitrogens with one attached hydrogen (secondary N) is 1. The molecule has 146 valence electrons. The molecule has 2 rings (SSSR count). The molecule has 0 saturated carbocycles. The maximum atomic E-state index is 12.7. The maximum absolute atomic E-state index is 12.7. The van der Waals surface area contributed by atoms with Crippen molar-refractivity contribution < 1.29 is 32.0 Å². The van der Waals surface area contributed by atoms with Crippen LogP contribution in [0.5, 0.6) is 0 Å². The first kappa shape index (κ1) is 20.4. The van der Waals surface area contributed by atoms with Crippen LogP contribution in [-0.2, 0) is 15.7 Å². The number of carbonyl (C=O) groups excluding carboxylic acids is 2. The molecule has 0 aliphatic carbocycles. The fraction of sp³-hybridized carbons (Fsp3) is 0.353. The predicted octanol–water partition coefficient (Wildman–Crippen LogP) is 2.81. The summed E-state index contributed by atoms with van der Waals surface area (Å²) in [5.74, 6) is -0.879. The SMILES string of the molecule is COCCCN(CC(=O)Nc1ccon1)C(=O)c1ccc(C(F)(F)F)cc1. The van der Waals surface area contributed by atoms with Crippen molar-refractivity contribution in [3.05, 3.63) is 47.7 Å². The van der Waals surface area contributed by atoms with Crippen LogP contribution >= 0.6 is 0 Å². The second-order valence-corrected chi connectivity index (χ2v) is 5.58. The Bertz CT molecular complexity index is 746. The average Bonchev–Trinajstić information content (AvgIpc) is 3.12. The van der Waals surface area contributed by atoms with Gasteiger partial charge in [0, 0.05) is 31.9 Å². The molecule has 1 heterocycles. The molecule has 0 radical (unpaired) electrons. The van der Waals surface area contributed by atoms with Gasteiger partial charge in [0.05, 0.1) is 5.56 Å². The third kappa shape index (κ3) is 6.10. The molecule has 10 heteroatoms. The summed E-state index contributed by atoms with van der Waals surface area (Å²) in [5, 5.41) is 6.00. The number of amides is 2. The fourth-order valence-electron chi connectivity index (χ4n) is 2.27. The van der Waals surface area contributed by atoms with E-state index in [1.807, 2.05) is 0 Å². The number of benzene rings is 1. The highest BCUT2D eigenvalue weighted by Gasteiger charge is 2.30. The van der Waals surface area contributed by atoms with E-state index in [1.165, 1.54) is 24.3 Å². The fourth-order valence-corrected chi connectivity index (χ4v) is 2.27. The van der Waals surface area contributed by atoms with Crippen LogP contribution in [0, 0.1) is 0 Å². The zero-order valence-electron chi connectivity index (χ0n) is 14.5. The van der Waals surface area contributed by atoms with E-state index in [4.69, 9.17) is 4.74 Å². The van der Waals surface area contributed by atoms with E-state index < -0.39 is 23.6 Å². The zero-order chi connectivity index (χ0) is 19.9. The van der Waals surface area contributed by atoms with Crippen LogP contribution in [0.2, 0.25) is 0 Å². The van der Waals surface area contributed by atoms with Crippen molar-refractivity contribution >= 4 is 17.6 Å². The van der Waals surface area contributed by atoms with Crippen LogP contribution in [0.3, 0.4) is 0 Å². The molecule has 0 bridgehead atoms. The van der Waals surface area contributed by atoms with Gasteiger partial charge in [0.15, 0.2) is 5.82 Å². The van der Waals surface area contributed by atoms with Gasteiger partial charge < -0.3 is 19.5 Å². The molecular weight excluding hydrogens is 367 g/mol. The number of hydrogen-bond donors (Lipinski definition) is 1. The largest absolute Gasteiger partial charge is 0.416 e. The summed E-state index contributed by atoms with van der Waals surface area (Å²) >= 11 is 0. The highest BCUT2D eigenvalue weighted by atomic mass is 19.4. The topological polar surface area (TPSA) is 84.7 Å². The Morgan fingerprint density at radius 1 is 1.22 bits per heavy atom. The number of methoxy groups -OCH3 is 1. The van der Waals surface area contributed by atoms with E-state index in [2.05, 4.69) is 15.0 Å². The lowest BCUT2D eigenvalue weighted by Gasteiger charge is -2.22. The molecule has 1 aromatic carbocycles. The van der Waals surface area contributed by atoms with Crippen LogP contribution in [0.25, 0.3) is 0 Å². The van der Waals surface area contributed by atoms with Crippen LogP contribution in [-0.4, -0.2) is 48.7 Å². The van der Waals surface area contributed by atoms with Gasteiger partial charge in [-0.25, -0.2) is 0 Å². The molecule has 1 aromatic heterocycles. The standard InChI is InChI=1S/C17H18F3N3O4/c1-26-9-2-8-23(11-15(24)21-14-7-10-27-22-14)16(25)12-3-5-13(6-4-12)17(18,19)20/h3-7,10H,2,8-9,11H2,1H3,(H,21,22,24). The first-order chi connectivity index (χ1) is 12.8. The monoisotopic (exact) mass is 385 g/mol. The van der Waals surface area contributed by atoms with Crippen LogP contribution < -0.4 is 5.32 Å². The molecule has 0 saturated heterocycles. The second-order valence-electron chi connectivity index (χ2n) is 5.58. The first-order valence-electron chi connectivity index (χ1n) is 7.97. The minimum atomic E-state index is -4.49. The van der Waals surface area contributed by atoms with Crippen molar-refractivity contribution in [2.75, 3.05) is 32.1 Å². The van der Waals surface area contributed by atoms with Crippen LogP contribution in [0.15, 0.2) is 41.1 Å². The van der Waals surface area contributed by atoms with Gasteiger partial charge in [-0.05, 0) is 30.7 Å². The van der Waals surface area contributed by atoms with Crippen molar-refractivity contribution in [3.8, 4) is 0 Å². The summed E-state index contributed by atoms with van der Waals surface area (Å²) in [6.07, 6.45) is -2.75. The maximum Gasteiger partial charge on any atom is 0.416 e. The highest BCUT2D eigenvalue weighted by Crippen LogP contribution is 2.29. The van der Waals surface area contributed by atoms with Gasteiger partial charge in [0.25, 0.3) is 5.91 Å². The predicted molar refractivity (Wildman–Crippen MR) is 89.0 cm³/mol. The van der Waals surface area contributed by atoms with Gasteiger partial charge in [-0.3, -0.25) is 9.59 Å². The third-order valence-electron chi connectivity index (χ3n) is 3.56. The van der Waals surface area contributed by atoms with Gasteiger partial charge in [-0.1, -0.05) is 5.16 Å².